The van der Waals surface area contributed by atoms with E-state index in [1.165, 1.54) is 4.37 Å². The number of hydrogen-bond donors (Lipinski definition) is 0. The summed E-state index contributed by atoms with van der Waals surface area (Å²) in [6.07, 6.45) is 0. The molecule has 0 bridgehead atoms. The van der Waals surface area contributed by atoms with Crippen molar-refractivity contribution in [2.75, 3.05) is 0 Å². The molecule has 24 valence electrons. The fraction of sp³-hybridized carbons (Fsp3) is 0.333. The van der Waals surface area contributed by atoms with Gasteiger partial charge in [-0.1, -0.05) is 0 Å². The molecule has 0 atom stereocenters. The molecule has 0 aromatic heterocycles. The first-order valence-electron chi connectivity index (χ1n) is 1.65. The zero-order valence-corrected chi connectivity index (χ0v) is 5.44. The second kappa shape index (κ2) is 1.92. The van der Waals surface area contributed by atoms with Gasteiger partial charge in [0.25, 0.3) is 0 Å². The van der Waals surface area contributed by atoms with E-state index < -0.39 is 0 Å². The molecule has 0 aromatic carbocycles. The minimum atomic E-state index is 0.231. The van der Waals surface area contributed by atoms with Crippen LogP contribution in [0, 0.1) is 0 Å². The summed E-state index contributed by atoms with van der Waals surface area (Å²) in [4.78, 5) is 0. The zero-order valence-electron chi connectivity index (χ0n) is 2.89. The molecule has 0 aliphatic carbocycles. The molecule has 0 unspecified atom stereocenters. The summed E-state index contributed by atoms with van der Waals surface area (Å²) in [5.74, 6) is 2.25. The Bertz CT molecular complexity index is 65.0. The van der Waals surface area contributed by atoms with Gasteiger partial charge in [0.1, 0.15) is 0 Å². The molecule has 5 heavy (non-hydrogen) atoms. The fourth-order valence-corrected chi connectivity index (χ4v) is 2.04. The molecule has 0 nitrogen and oxygen atoms in total. The molecule has 0 saturated carbocycles. The Labute approximate surface area is 42.5 Å². The Morgan fingerprint density at radius 1 is 1.80 bits per heavy atom. The van der Waals surface area contributed by atoms with Gasteiger partial charge in [-0.25, -0.2) is 0 Å². The van der Waals surface area contributed by atoms with Crippen LogP contribution in [-0.2, 0) is 0 Å². The van der Waals surface area contributed by atoms with Gasteiger partial charge < -0.3 is 0 Å². The molecule has 0 saturated heterocycles. The van der Waals surface area contributed by atoms with Crippen molar-refractivity contribution in [1.29, 1.82) is 0 Å². The van der Waals surface area contributed by atoms with Gasteiger partial charge in [-0.15, -0.1) is 0 Å². The van der Waals surface area contributed by atoms with Gasteiger partial charge in [0.05, 0.1) is 0 Å². The monoisotopic (exact) mass is 172 g/mol. The van der Waals surface area contributed by atoms with Crippen LogP contribution < -0.4 is 0 Å². The van der Waals surface area contributed by atoms with Gasteiger partial charge in [0.15, 0.2) is 0 Å². The third kappa shape index (κ3) is 1.01. The van der Waals surface area contributed by atoms with Crippen LogP contribution in [0.1, 0.15) is 0 Å². The Morgan fingerprint density at radius 2 is 2.80 bits per heavy atom. The summed E-state index contributed by atoms with van der Waals surface area (Å²) in [6.45, 7) is 2.18. The van der Waals surface area contributed by atoms with E-state index in [1.54, 1.807) is 0 Å². The summed E-state index contributed by atoms with van der Waals surface area (Å²) in [5.41, 5.74) is 0. The van der Waals surface area contributed by atoms with Gasteiger partial charge in [-0.2, -0.15) is 0 Å². The van der Waals surface area contributed by atoms with Crippen LogP contribution in [0.4, 0.5) is 0 Å². The zero-order chi connectivity index (χ0) is 3.54. The molecule has 0 amide bonds. The van der Waals surface area contributed by atoms with Crippen molar-refractivity contribution in [1.82, 2.24) is 0 Å². The third-order valence-electron chi connectivity index (χ3n) is 0.538. The van der Waals surface area contributed by atoms with E-state index in [-0.39, 0.29) is 21.1 Å². The molecule has 1 aliphatic heterocycles. The summed E-state index contributed by atoms with van der Waals surface area (Å²) in [5, 5.41) is 0. The molecule has 1 heterocycles. The SMILES string of the molecule is B1=C[CH2][Sb]=[CH]1. The Morgan fingerprint density at radius 3 is 3.00 bits per heavy atom. The molecular weight excluding hydrogens is 169 g/mol. The van der Waals surface area contributed by atoms with Gasteiger partial charge in [-0.3, -0.25) is 0 Å². The average molecular weight is 173 g/mol. The molecule has 2 heteroatoms. The first-order valence-corrected chi connectivity index (χ1v) is 4.93. The topological polar surface area (TPSA) is 0 Å². The summed E-state index contributed by atoms with van der Waals surface area (Å²) in [6, 6.07) is 0. The van der Waals surface area contributed by atoms with Crippen LogP contribution in [0.15, 0.2) is 0 Å². The molecule has 1 rings (SSSR count). The standard InChI is InChI=1S/C3H4B.Sb/c1-3-4-2;/h2-3H,1H2;. The second-order valence-electron chi connectivity index (χ2n) is 0.942. The van der Waals surface area contributed by atoms with E-state index in [0.717, 1.165) is 0 Å². The summed E-state index contributed by atoms with van der Waals surface area (Å²) in [7, 11) is 0. The molecule has 0 spiro atoms. The van der Waals surface area contributed by atoms with Crippen LogP contribution in [0.3, 0.4) is 0 Å². The van der Waals surface area contributed by atoms with Crippen LogP contribution in [-0.4, -0.2) is 37.9 Å². The van der Waals surface area contributed by atoms with Crippen molar-refractivity contribution in [2.45, 2.75) is 4.37 Å². The van der Waals surface area contributed by atoms with Crippen LogP contribution >= 0.6 is 0 Å². The quantitative estimate of drug-likeness (QED) is 0.428. The minimum absolute atomic E-state index is 0.231. The molecule has 0 aromatic rings. The van der Waals surface area contributed by atoms with Gasteiger partial charge in [0, 0.05) is 0 Å². The normalized spacial score (nSPS) is 16.0. The van der Waals surface area contributed by atoms with Crippen LogP contribution in [0.25, 0.3) is 0 Å². The Kier molecular flexibility index (Phi) is 1.46. The van der Waals surface area contributed by atoms with Gasteiger partial charge in [-0.05, 0) is 0 Å². The van der Waals surface area contributed by atoms with E-state index in [4.69, 9.17) is 0 Å². The van der Waals surface area contributed by atoms with E-state index in [2.05, 4.69) is 16.7 Å². The predicted molar refractivity (Wildman–Crippen MR) is 28.4 cm³/mol. The molecule has 0 N–H and O–H groups in total. The number of hydrogen-bond acceptors (Lipinski definition) is 0. The van der Waals surface area contributed by atoms with Crippen LogP contribution in [0.2, 0.25) is 4.37 Å². The third-order valence-corrected chi connectivity index (χ3v) is 2.83. The fourth-order valence-electron chi connectivity index (χ4n) is 0.304. The van der Waals surface area contributed by atoms with Crippen molar-refractivity contribution in [2.24, 2.45) is 0 Å². The first kappa shape index (κ1) is 3.80. The van der Waals surface area contributed by atoms with Crippen molar-refractivity contribution in [3.63, 3.8) is 0 Å². The van der Waals surface area contributed by atoms with E-state index in [0.29, 0.717) is 0 Å². The Hall–Kier alpha value is 0.623. The first-order chi connectivity index (χ1) is 2.50. The van der Waals surface area contributed by atoms with Crippen LogP contribution in [0.5, 0.6) is 0 Å². The molecule has 0 fully saturated rings. The van der Waals surface area contributed by atoms with E-state index >= 15 is 0 Å². The second-order valence-corrected chi connectivity index (χ2v) is 3.88. The van der Waals surface area contributed by atoms with Gasteiger partial charge in [0.2, 0.25) is 0 Å². The van der Waals surface area contributed by atoms with E-state index in [9.17, 15) is 0 Å². The van der Waals surface area contributed by atoms with Gasteiger partial charge >= 0.3 is 42.2 Å². The average Bonchev–Trinajstić information content (AvgIpc) is 1.76. The van der Waals surface area contributed by atoms with Crippen molar-refractivity contribution in [3.05, 3.63) is 0 Å². The Balaban J connectivity index is 2.61. The van der Waals surface area contributed by atoms with Crippen molar-refractivity contribution < 1.29 is 0 Å². The number of rotatable bonds is 0. The summed E-state index contributed by atoms with van der Waals surface area (Å²) >= 11 is 0.231. The summed E-state index contributed by atoms with van der Waals surface area (Å²) < 4.78 is 3.74. The maximum absolute atomic E-state index is 2.33. The molecule has 0 radical (unpaired) electrons. The predicted octanol–water partition coefficient (Wildman–Crippen LogP) is -0.611. The maximum atomic E-state index is 2.33. The van der Waals surface area contributed by atoms with Crippen molar-refractivity contribution in [3.8, 4) is 0 Å². The molecular formula is C3H4BSb. The van der Waals surface area contributed by atoms with E-state index in [1.807, 2.05) is 0 Å². The van der Waals surface area contributed by atoms with Crippen molar-refractivity contribution >= 4 is 37.9 Å². The molecule has 1 aliphatic rings.